The average Bonchev–Trinajstić information content (AvgIpc) is 2.66. The van der Waals surface area contributed by atoms with Gasteiger partial charge < -0.3 is 15.4 Å². The highest BCUT2D eigenvalue weighted by Crippen LogP contribution is 2.33. The van der Waals surface area contributed by atoms with Gasteiger partial charge in [0.15, 0.2) is 0 Å². The fourth-order valence-electron chi connectivity index (χ4n) is 2.59. The van der Waals surface area contributed by atoms with E-state index >= 15 is 0 Å². The van der Waals surface area contributed by atoms with Crippen molar-refractivity contribution < 1.29 is 13.9 Å². The Morgan fingerprint density at radius 2 is 2.11 bits per heavy atom. The molecule has 2 aromatic carbocycles. The van der Waals surface area contributed by atoms with Gasteiger partial charge in [0.05, 0.1) is 22.8 Å². The van der Waals surface area contributed by atoms with Gasteiger partial charge in [-0.25, -0.2) is 14.4 Å². The lowest BCUT2D eigenvalue weighted by atomic mass is 10.1. The number of carbonyl (C=O) groups is 1. The summed E-state index contributed by atoms with van der Waals surface area (Å²) in [6.07, 6.45) is 4.47. The van der Waals surface area contributed by atoms with E-state index in [4.69, 9.17) is 16.3 Å². The number of nitrogens with zero attached hydrogens (tertiary/aromatic N) is 2. The Hall–Kier alpha value is -3.19. The number of allylic oxidation sites excluding steroid dienone is 1. The minimum atomic E-state index is -0.505. The van der Waals surface area contributed by atoms with Crippen molar-refractivity contribution in [3.63, 3.8) is 0 Å². The largest absolute Gasteiger partial charge is 0.492 e. The summed E-state index contributed by atoms with van der Waals surface area (Å²) in [6.45, 7) is 4.04. The number of benzene rings is 2. The zero-order valence-electron chi connectivity index (χ0n) is 15.3. The van der Waals surface area contributed by atoms with Crippen LogP contribution in [0, 0.1) is 5.82 Å². The predicted octanol–water partition coefficient (Wildman–Crippen LogP) is 5.08. The predicted molar refractivity (Wildman–Crippen MR) is 109 cm³/mol. The molecule has 1 amide bonds. The van der Waals surface area contributed by atoms with Crippen LogP contribution in [0.3, 0.4) is 0 Å². The second-order valence-electron chi connectivity index (χ2n) is 5.76. The van der Waals surface area contributed by atoms with Gasteiger partial charge in [0.2, 0.25) is 5.91 Å². The Bertz CT molecular complexity index is 1060. The first-order valence-corrected chi connectivity index (χ1v) is 8.97. The number of halogens is 2. The first-order valence-electron chi connectivity index (χ1n) is 8.59. The van der Waals surface area contributed by atoms with Crippen molar-refractivity contribution in [3.8, 4) is 5.75 Å². The number of ether oxygens (including phenoxy) is 1. The van der Waals surface area contributed by atoms with E-state index in [1.807, 2.05) is 6.92 Å². The molecule has 0 aliphatic carbocycles. The molecule has 0 atom stereocenters. The van der Waals surface area contributed by atoms with Gasteiger partial charge in [-0.3, -0.25) is 4.79 Å². The molecule has 28 heavy (non-hydrogen) atoms. The van der Waals surface area contributed by atoms with Crippen molar-refractivity contribution in [1.82, 2.24) is 9.97 Å². The van der Waals surface area contributed by atoms with Crippen molar-refractivity contribution in [2.24, 2.45) is 0 Å². The lowest BCUT2D eigenvalue weighted by Crippen LogP contribution is -2.10. The van der Waals surface area contributed by atoms with Crippen LogP contribution in [0.5, 0.6) is 5.75 Å². The molecule has 3 aromatic rings. The molecular weight excluding hydrogens is 383 g/mol. The molecule has 1 heterocycles. The Morgan fingerprint density at radius 1 is 1.29 bits per heavy atom. The van der Waals surface area contributed by atoms with Crippen LogP contribution in [0.2, 0.25) is 5.02 Å². The number of hydrogen-bond acceptors (Lipinski definition) is 5. The molecule has 2 N–H and O–H groups in total. The fourth-order valence-corrected chi connectivity index (χ4v) is 2.77. The summed E-state index contributed by atoms with van der Waals surface area (Å²) in [5, 5.41) is 6.55. The molecule has 0 aliphatic heterocycles. The maximum atomic E-state index is 13.4. The van der Waals surface area contributed by atoms with Crippen molar-refractivity contribution in [1.29, 1.82) is 0 Å². The molecule has 144 valence electrons. The summed E-state index contributed by atoms with van der Waals surface area (Å²) in [4.78, 5) is 20.5. The molecule has 8 heteroatoms. The Morgan fingerprint density at radius 3 is 2.82 bits per heavy atom. The standard InChI is InChI=1S/C20H18ClFN4O2/c1-3-5-19(27)26-17-9-13-16(10-18(17)28-4-2)23-11-24-20(13)25-12-6-7-15(22)14(21)8-12/h3,5-11H,4H2,1-2H3,(H,26,27)(H,23,24,25)/b5-3+. The van der Waals surface area contributed by atoms with Crippen molar-refractivity contribution in [3.05, 3.63) is 59.7 Å². The second-order valence-corrected chi connectivity index (χ2v) is 6.17. The minimum absolute atomic E-state index is 0.00120. The van der Waals surface area contributed by atoms with Gasteiger partial charge in [-0.1, -0.05) is 17.7 Å². The Kier molecular flexibility index (Phi) is 6.06. The summed E-state index contributed by atoms with van der Waals surface area (Å²) in [6, 6.07) is 7.75. The molecule has 3 rings (SSSR count). The number of amides is 1. The number of aromatic nitrogens is 2. The van der Waals surface area contributed by atoms with Crippen LogP contribution >= 0.6 is 11.6 Å². The van der Waals surface area contributed by atoms with E-state index in [1.165, 1.54) is 24.5 Å². The van der Waals surface area contributed by atoms with Crippen molar-refractivity contribution in [2.75, 3.05) is 17.2 Å². The monoisotopic (exact) mass is 400 g/mol. The van der Waals surface area contributed by atoms with E-state index in [0.717, 1.165) is 0 Å². The third-order valence-electron chi connectivity index (χ3n) is 3.79. The molecule has 0 fully saturated rings. The van der Waals surface area contributed by atoms with Crippen LogP contribution in [-0.4, -0.2) is 22.5 Å². The number of anilines is 3. The van der Waals surface area contributed by atoms with Crippen LogP contribution in [0.1, 0.15) is 13.8 Å². The van der Waals surface area contributed by atoms with E-state index in [9.17, 15) is 9.18 Å². The van der Waals surface area contributed by atoms with Crippen LogP contribution in [0.25, 0.3) is 10.9 Å². The summed E-state index contributed by atoms with van der Waals surface area (Å²) < 4.78 is 19.0. The zero-order chi connectivity index (χ0) is 20.1. The van der Waals surface area contributed by atoms with Crippen LogP contribution in [-0.2, 0) is 4.79 Å². The summed E-state index contributed by atoms with van der Waals surface area (Å²) in [5.41, 5.74) is 1.69. The number of fused-ring (bicyclic) bond motifs is 1. The quantitative estimate of drug-likeness (QED) is 0.564. The molecule has 0 spiro atoms. The number of rotatable bonds is 6. The third-order valence-corrected chi connectivity index (χ3v) is 4.08. The average molecular weight is 401 g/mol. The van der Waals surface area contributed by atoms with Gasteiger partial charge in [0, 0.05) is 17.1 Å². The SMILES string of the molecule is C/C=C/C(=O)Nc1cc2c(Nc3ccc(F)c(Cl)c3)ncnc2cc1OCC. The number of carbonyl (C=O) groups excluding carboxylic acids is 1. The van der Waals surface area contributed by atoms with Gasteiger partial charge in [-0.2, -0.15) is 0 Å². The molecule has 0 saturated carbocycles. The number of nitrogens with one attached hydrogen (secondary N) is 2. The summed E-state index contributed by atoms with van der Waals surface area (Å²) in [7, 11) is 0. The molecule has 6 nitrogen and oxygen atoms in total. The van der Waals surface area contributed by atoms with Crippen molar-refractivity contribution >= 4 is 45.6 Å². The minimum Gasteiger partial charge on any atom is -0.492 e. The smallest absolute Gasteiger partial charge is 0.248 e. The van der Waals surface area contributed by atoms with Crippen LogP contribution in [0.15, 0.2) is 48.8 Å². The normalized spacial score (nSPS) is 11.0. The number of hydrogen-bond donors (Lipinski definition) is 2. The van der Waals surface area contributed by atoms with Gasteiger partial charge in [-0.05, 0) is 44.2 Å². The first kappa shape index (κ1) is 19.6. The van der Waals surface area contributed by atoms with Gasteiger partial charge in [-0.15, -0.1) is 0 Å². The van der Waals surface area contributed by atoms with Gasteiger partial charge in [0.1, 0.15) is 23.7 Å². The highest BCUT2D eigenvalue weighted by Gasteiger charge is 2.13. The topological polar surface area (TPSA) is 76.1 Å². The highest BCUT2D eigenvalue weighted by molar-refractivity contribution is 6.31. The molecule has 1 aromatic heterocycles. The van der Waals surface area contributed by atoms with Crippen molar-refractivity contribution in [2.45, 2.75) is 13.8 Å². The Labute approximate surface area is 166 Å². The molecule has 0 aliphatic rings. The molecule has 0 unspecified atom stereocenters. The molecule has 0 bridgehead atoms. The molecule has 0 saturated heterocycles. The highest BCUT2D eigenvalue weighted by atomic mass is 35.5. The summed E-state index contributed by atoms with van der Waals surface area (Å²) >= 11 is 5.85. The Balaban J connectivity index is 2.05. The zero-order valence-corrected chi connectivity index (χ0v) is 16.0. The van der Waals surface area contributed by atoms with E-state index in [0.29, 0.717) is 40.5 Å². The maximum Gasteiger partial charge on any atom is 0.248 e. The summed E-state index contributed by atoms with van der Waals surface area (Å²) in [5.74, 6) is 0.203. The first-order chi connectivity index (χ1) is 13.5. The fraction of sp³-hybridized carbons (Fsp3) is 0.150. The van der Waals surface area contributed by atoms with Crippen LogP contribution in [0.4, 0.5) is 21.6 Å². The third kappa shape index (κ3) is 4.37. The van der Waals surface area contributed by atoms with E-state index in [-0.39, 0.29) is 10.9 Å². The molecule has 0 radical (unpaired) electrons. The second kappa shape index (κ2) is 8.67. The van der Waals surface area contributed by atoms with Gasteiger partial charge in [0.25, 0.3) is 0 Å². The maximum absolute atomic E-state index is 13.4. The van der Waals surface area contributed by atoms with E-state index < -0.39 is 5.82 Å². The molecular formula is C20H18ClFN4O2. The van der Waals surface area contributed by atoms with Gasteiger partial charge >= 0.3 is 0 Å². The lowest BCUT2D eigenvalue weighted by Gasteiger charge is -2.14. The van der Waals surface area contributed by atoms with Crippen LogP contribution < -0.4 is 15.4 Å². The lowest BCUT2D eigenvalue weighted by molar-refractivity contribution is -0.111. The van der Waals surface area contributed by atoms with E-state index in [1.54, 1.807) is 31.2 Å². The van der Waals surface area contributed by atoms with E-state index in [2.05, 4.69) is 20.6 Å².